The van der Waals surface area contributed by atoms with Crippen molar-refractivity contribution in [1.82, 2.24) is 15.5 Å². The van der Waals surface area contributed by atoms with Gasteiger partial charge in [0.25, 0.3) is 5.91 Å². The summed E-state index contributed by atoms with van der Waals surface area (Å²) in [6.45, 7) is 0. The van der Waals surface area contributed by atoms with Gasteiger partial charge in [-0.15, -0.1) is 0 Å². The van der Waals surface area contributed by atoms with Gasteiger partial charge in [-0.3, -0.25) is 9.89 Å². The molecule has 0 unspecified atom stereocenters. The molecule has 110 valence electrons. The molecule has 1 aromatic heterocycles. The lowest BCUT2D eigenvalue weighted by Gasteiger charge is -2.08. The predicted molar refractivity (Wildman–Crippen MR) is 78.5 cm³/mol. The van der Waals surface area contributed by atoms with Crippen molar-refractivity contribution in [3.63, 3.8) is 0 Å². The maximum Gasteiger partial charge on any atom is 0.269 e. The Hall–Kier alpha value is -2.15. The van der Waals surface area contributed by atoms with Gasteiger partial charge in [-0.2, -0.15) is 5.10 Å². The molecule has 2 N–H and O–H groups in total. The van der Waals surface area contributed by atoms with Crippen molar-refractivity contribution in [2.24, 2.45) is 0 Å². The number of aromatic amines is 1. The van der Waals surface area contributed by atoms with Crippen LogP contribution in [-0.4, -0.2) is 42.1 Å². The molecule has 3 rings (SSSR count). The summed E-state index contributed by atoms with van der Waals surface area (Å²) in [5, 5.41) is 9.52. The maximum atomic E-state index is 12.1. The van der Waals surface area contributed by atoms with Crippen LogP contribution in [0.2, 0.25) is 0 Å². The van der Waals surface area contributed by atoms with Crippen molar-refractivity contribution in [3.05, 3.63) is 42.1 Å². The van der Waals surface area contributed by atoms with Crippen molar-refractivity contribution < 1.29 is 13.2 Å². The first kappa shape index (κ1) is 13.8. The van der Waals surface area contributed by atoms with Gasteiger partial charge >= 0.3 is 0 Å². The number of nitrogens with zero attached hydrogens (tertiary/aromatic N) is 1. The van der Waals surface area contributed by atoms with Crippen LogP contribution in [0.4, 0.5) is 0 Å². The number of carbonyl (C=O) groups is 1. The SMILES string of the molecule is O=C(N[C@H]1CCS(=O)(=O)C1)c1cc(-c2ccccc2)n[nH]1. The molecule has 0 radical (unpaired) electrons. The molecule has 1 atom stereocenters. The largest absolute Gasteiger partial charge is 0.347 e. The summed E-state index contributed by atoms with van der Waals surface area (Å²) in [6, 6.07) is 10.9. The number of amides is 1. The van der Waals surface area contributed by atoms with Gasteiger partial charge in [-0.05, 0) is 12.5 Å². The van der Waals surface area contributed by atoms with E-state index in [0.717, 1.165) is 5.56 Å². The summed E-state index contributed by atoms with van der Waals surface area (Å²) in [4.78, 5) is 12.1. The molecule has 21 heavy (non-hydrogen) atoms. The molecule has 2 heterocycles. The average Bonchev–Trinajstić information content (AvgIpc) is 3.07. The molecule has 1 amide bonds. The number of aromatic nitrogens is 2. The fourth-order valence-electron chi connectivity index (χ4n) is 2.37. The van der Waals surface area contributed by atoms with Crippen LogP contribution in [0.1, 0.15) is 16.9 Å². The predicted octanol–water partition coefficient (Wildman–Crippen LogP) is 0.994. The highest BCUT2D eigenvalue weighted by molar-refractivity contribution is 7.91. The second-order valence-electron chi connectivity index (χ2n) is 5.11. The minimum atomic E-state index is -3.00. The van der Waals surface area contributed by atoms with Gasteiger partial charge in [0.2, 0.25) is 0 Å². The third kappa shape index (κ3) is 3.13. The quantitative estimate of drug-likeness (QED) is 0.884. The standard InChI is InChI=1S/C14H15N3O3S/c18-14(15-11-6-7-21(19,20)9-11)13-8-12(16-17-13)10-4-2-1-3-5-10/h1-5,8,11H,6-7,9H2,(H,15,18)(H,16,17)/t11-/m0/s1. The van der Waals surface area contributed by atoms with Crippen LogP contribution in [0, 0.1) is 0 Å². The van der Waals surface area contributed by atoms with E-state index >= 15 is 0 Å². The maximum absolute atomic E-state index is 12.1. The molecule has 0 aliphatic carbocycles. The zero-order valence-electron chi connectivity index (χ0n) is 11.2. The van der Waals surface area contributed by atoms with E-state index in [1.165, 1.54) is 0 Å². The molecule has 2 aromatic rings. The van der Waals surface area contributed by atoms with Crippen molar-refractivity contribution in [2.45, 2.75) is 12.5 Å². The zero-order valence-corrected chi connectivity index (χ0v) is 12.1. The third-order valence-electron chi connectivity index (χ3n) is 3.46. The van der Waals surface area contributed by atoms with Gasteiger partial charge in [0.1, 0.15) is 5.69 Å². The molecular formula is C14H15N3O3S. The Balaban J connectivity index is 1.70. The normalized spacial score (nSPS) is 20.3. The number of hydrogen-bond donors (Lipinski definition) is 2. The number of carbonyl (C=O) groups excluding carboxylic acids is 1. The van der Waals surface area contributed by atoms with Gasteiger partial charge < -0.3 is 5.32 Å². The van der Waals surface area contributed by atoms with Gasteiger partial charge in [-0.1, -0.05) is 30.3 Å². The second-order valence-corrected chi connectivity index (χ2v) is 7.34. The molecular weight excluding hydrogens is 290 g/mol. The Morgan fingerprint density at radius 3 is 2.71 bits per heavy atom. The van der Waals surface area contributed by atoms with E-state index < -0.39 is 9.84 Å². The van der Waals surface area contributed by atoms with Crippen LogP contribution in [0.15, 0.2) is 36.4 Å². The summed E-state index contributed by atoms with van der Waals surface area (Å²) in [6.07, 6.45) is 0.466. The Kier molecular flexibility index (Phi) is 3.50. The fourth-order valence-corrected chi connectivity index (χ4v) is 4.04. The number of hydrogen-bond acceptors (Lipinski definition) is 4. The average molecular weight is 305 g/mol. The van der Waals surface area contributed by atoms with E-state index in [9.17, 15) is 13.2 Å². The summed E-state index contributed by atoms with van der Waals surface area (Å²) < 4.78 is 22.8. The van der Waals surface area contributed by atoms with E-state index in [0.29, 0.717) is 17.8 Å². The topological polar surface area (TPSA) is 91.9 Å². The monoisotopic (exact) mass is 305 g/mol. The summed E-state index contributed by atoms with van der Waals surface area (Å²) in [7, 11) is -3.00. The van der Waals surface area contributed by atoms with Gasteiger partial charge in [-0.25, -0.2) is 8.42 Å². The first-order chi connectivity index (χ1) is 10.0. The number of H-pyrrole nitrogens is 1. The molecule has 1 aromatic carbocycles. The number of rotatable bonds is 3. The molecule has 0 spiro atoms. The highest BCUT2D eigenvalue weighted by Crippen LogP contribution is 2.17. The summed E-state index contributed by atoms with van der Waals surface area (Å²) >= 11 is 0. The van der Waals surface area contributed by atoms with Gasteiger partial charge in [0.05, 0.1) is 17.2 Å². The van der Waals surface area contributed by atoms with E-state index in [-0.39, 0.29) is 23.5 Å². The molecule has 1 saturated heterocycles. The molecule has 6 nitrogen and oxygen atoms in total. The Morgan fingerprint density at radius 1 is 1.29 bits per heavy atom. The number of nitrogens with one attached hydrogen (secondary N) is 2. The zero-order chi connectivity index (χ0) is 14.9. The molecule has 1 fully saturated rings. The Morgan fingerprint density at radius 2 is 2.05 bits per heavy atom. The van der Waals surface area contributed by atoms with E-state index in [4.69, 9.17) is 0 Å². The highest BCUT2D eigenvalue weighted by atomic mass is 32.2. The van der Waals surface area contributed by atoms with Crippen LogP contribution in [0.5, 0.6) is 0 Å². The van der Waals surface area contributed by atoms with Gasteiger partial charge in [0.15, 0.2) is 9.84 Å². The Bertz CT molecular complexity index is 753. The molecule has 0 saturated carbocycles. The van der Waals surface area contributed by atoms with Gasteiger partial charge in [0, 0.05) is 11.6 Å². The molecule has 1 aliphatic heterocycles. The number of sulfone groups is 1. The highest BCUT2D eigenvalue weighted by Gasteiger charge is 2.29. The molecule has 7 heteroatoms. The lowest BCUT2D eigenvalue weighted by atomic mass is 10.1. The lowest BCUT2D eigenvalue weighted by molar-refractivity contribution is 0.0936. The number of benzene rings is 1. The Labute approximate surface area is 122 Å². The molecule has 1 aliphatic rings. The summed E-state index contributed by atoms with van der Waals surface area (Å²) in [5.74, 6) is -0.180. The van der Waals surface area contributed by atoms with Crippen molar-refractivity contribution in [3.8, 4) is 11.3 Å². The smallest absolute Gasteiger partial charge is 0.269 e. The van der Waals surface area contributed by atoms with Crippen molar-refractivity contribution >= 4 is 15.7 Å². The van der Waals surface area contributed by atoms with E-state index in [2.05, 4.69) is 15.5 Å². The van der Waals surface area contributed by atoms with E-state index in [1.54, 1.807) is 6.07 Å². The van der Waals surface area contributed by atoms with Crippen molar-refractivity contribution in [2.75, 3.05) is 11.5 Å². The van der Waals surface area contributed by atoms with E-state index in [1.807, 2.05) is 30.3 Å². The second kappa shape index (κ2) is 5.33. The lowest BCUT2D eigenvalue weighted by Crippen LogP contribution is -2.35. The van der Waals surface area contributed by atoms with Crippen LogP contribution >= 0.6 is 0 Å². The van der Waals surface area contributed by atoms with Crippen LogP contribution in [-0.2, 0) is 9.84 Å². The minimum Gasteiger partial charge on any atom is -0.347 e. The molecule has 0 bridgehead atoms. The first-order valence-corrected chi connectivity index (χ1v) is 8.48. The van der Waals surface area contributed by atoms with Crippen LogP contribution in [0.3, 0.4) is 0 Å². The minimum absolute atomic E-state index is 0.0123. The van der Waals surface area contributed by atoms with Crippen LogP contribution < -0.4 is 5.32 Å². The summed E-state index contributed by atoms with van der Waals surface area (Å²) in [5.41, 5.74) is 1.93. The van der Waals surface area contributed by atoms with Crippen LogP contribution in [0.25, 0.3) is 11.3 Å². The third-order valence-corrected chi connectivity index (χ3v) is 5.23. The van der Waals surface area contributed by atoms with Crippen molar-refractivity contribution in [1.29, 1.82) is 0 Å². The first-order valence-electron chi connectivity index (χ1n) is 6.66. The fraction of sp³-hybridized carbons (Fsp3) is 0.286.